The topological polar surface area (TPSA) is 29.3 Å². The lowest BCUT2D eigenvalue weighted by molar-refractivity contribution is 0.463. The van der Waals surface area contributed by atoms with Crippen LogP contribution in [-0.4, -0.2) is 19.6 Å². The Morgan fingerprint density at radius 3 is 2.78 bits per heavy atom. The van der Waals surface area contributed by atoms with Crippen LogP contribution in [0.15, 0.2) is 24.3 Å². The van der Waals surface area contributed by atoms with E-state index in [4.69, 9.17) is 5.73 Å². The van der Waals surface area contributed by atoms with Crippen molar-refractivity contribution in [3.63, 3.8) is 0 Å². The van der Waals surface area contributed by atoms with Gasteiger partial charge in [-0.05, 0) is 62.1 Å². The fourth-order valence-electron chi connectivity index (χ4n) is 3.31. The second-order valence-corrected chi connectivity index (χ2v) is 6.05. The van der Waals surface area contributed by atoms with Crippen LogP contribution >= 0.6 is 0 Å². The molecular weight excluding hydrogens is 220 g/mol. The summed E-state index contributed by atoms with van der Waals surface area (Å²) in [7, 11) is 0. The number of rotatable bonds is 4. The fourth-order valence-corrected chi connectivity index (χ4v) is 3.31. The first-order valence-corrected chi connectivity index (χ1v) is 7.36. The summed E-state index contributed by atoms with van der Waals surface area (Å²) in [5, 5.41) is 0. The summed E-state index contributed by atoms with van der Waals surface area (Å²) in [5.41, 5.74) is 9.34. The van der Waals surface area contributed by atoms with Gasteiger partial charge in [-0.2, -0.15) is 0 Å². The van der Waals surface area contributed by atoms with E-state index in [9.17, 15) is 0 Å². The number of para-hydroxylation sites is 1. The lowest BCUT2D eigenvalue weighted by Gasteiger charge is -2.29. The van der Waals surface area contributed by atoms with Crippen molar-refractivity contribution in [1.29, 1.82) is 0 Å². The molecule has 0 aromatic heterocycles. The Kier molecular flexibility index (Phi) is 3.29. The molecule has 0 radical (unpaired) electrons. The molecule has 2 heteroatoms. The van der Waals surface area contributed by atoms with E-state index in [-0.39, 0.29) is 0 Å². The third-order valence-electron chi connectivity index (χ3n) is 4.61. The normalized spacial score (nSPS) is 21.3. The molecule has 1 aromatic rings. The number of benzene rings is 1. The van der Waals surface area contributed by atoms with Crippen molar-refractivity contribution < 1.29 is 0 Å². The molecule has 1 heterocycles. The van der Waals surface area contributed by atoms with Crippen LogP contribution in [0.4, 0.5) is 5.69 Å². The van der Waals surface area contributed by atoms with Crippen molar-refractivity contribution >= 4 is 5.69 Å². The van der Waals surface area contributed by atoms with E-state index in [0.717, 1.165) is 6.54 Å². The highest BCUT2D eigenvalue weighted by molar-refractivity contribution is 5.54. The van der Waals surface area contributed by atoms with Crippen molar-refractivity contribution in [1.82, 2.24) is 0 Å². The fraction of sp³-hybridized carbons (Fsp3) is 0.625. The number of anilines is 1. The van der Waals surface area contributed by atoms with E-state index in [1.807, 2.05) is 0 Å². The minimum Gasteiger partial charge on any atom is -0.371 e. The Balaban J connectivity index is 1.79. The summed E-state index contributed by atoms with van der Waals surface area (Å²) in [4.78, 5) is 2.63. The van der Waals surface area contributed by atoms with Crippen LogP contribution in [0.3, 0.4) is 0 Å². The number of hydrogen-bond acceptors (Lipinski definition) is 2. The molecule has 3 rings (SSSR count). The molecule has 1 aromatic carbocycles. The molecule has 0 bridgehead atoms. The molecule has 1 aliphatic heterocycles. The van der Waals surface area contributed by atoms with Gasteiger partial charge in [-0.1, -0.05) is 18.2 Å². The van der Waals surface area contributed by atoms with Gasteiger partial charge >= 0.3 is 0 Å². The average Bonchev–Trinajstić information content (AvgIpc) is 3.16. The SMILES string of the molecule is NCCC1(CN2CCCCc3ccccc32)CC1. The van der Waals surface area contributed by atoms with E-state index < -0.39 is 0 Å². The highest BCUT2D eigenvalue weighted by Gasteiger charge is 2.43. The standard InChI is InChI=1S/C16H24N2/c17-11-10-16(8-9-16)13-18-12-4-3-6-14-5-1-2-7-15(14)18/h1-2,5,7H,3-4,6,8-13,17H2. The number of fused-ring (bicyclic) bond motifs is 1. The van der Waals surface area contributed by atoms with Crippen LogP contribution < -0.4 is 10.6 Å². The molecule has 1 fully saturated rings. The zero-order valence-corrected chi connectivity index (χ0v) is 11.2. The third-order valence-corrected chi connectivity index (χ3v) is 4.61. The summed E-state index contributed by atoms with van der Waals surface area (Å²) in [6.07, 6.45) is 7.86. The van der Waals surface area contributed by atoms with E-state index >= 15 is 0 Å². The van der Waals surface area contributed by atoms with Gasteiger partial charge < -0.3 is 10.6 Å². The summed E-state index contributed by atoms with van der Waals surface area (Å²) in [6, 6.07) is 8.96. The second kappa shape index (κ2) is 4.93. The molecule has 0 amide bonds. The predicted octanol–water partition coefficient (Wildman–Crippen LogP) is 2.96. The Bertz CT molecular complexity index is 409. The lowest BCUT2D eigenvalue weighted by atomic mass is 10.0. The van der Waals surface area contributed by atoms with Gasteiger partial charge in [0.15, 0.2) is 0 Å². The van der Waals surface area contributed by atoms with E-state index in [1.54, 1.807) is 5.56 Å². The molecule has 18 heavy (non-hydrogen) atoms. The zero-order chi connectivity index (χ0) is 12.4. The summed E-state index contributed by atoms with van der Waals surface area (Å²) >= 11 is 0. The van der Waals surface area contributed by atoms with Gasteiger partial charge in [-0.15, -0.1) is 0 Å². The Morgan fingerprint density at radius 2 is 2.00 bits per heavy atom. The lowest BCUT2D eigenvalue weighted by Crippen LogP contribution is -2.32. The first kappa shape index (κ1) is 12.0. The molecule has 0 unspecified atom stereocenters. The second-order valence-electron chi connectivity index (χ2n) is 6.05. The molecule has 1 saturated carbocycles. The number of hydrogen-bond donors (Lipinski definition) is 1. The number of aryl methyl sites for hydroxylation is 1. The number of nitrogens with zero attached hydrogens (tertiary/aromatic N) is 1. The highest BCUT2D eigenvalue weighted by atomic mass is 15.1. The van der Waals surface area contributed by atoms with Crippen LogP contribution in [0.1, 0.15) is 37.7 Å². The van der Waals surface area contributed by atoms with Crippen molar-refractivity contribution in [2.75, 3.05) is 24.5 Å². The predicted molar refractivity (Wildman–Crippen MR) is 76.9 cm³/mol. The van der Waals surface area contributed by atoms with Crippen LogP contribution in [0.5, 0.6) is 0 Å². The first-order valence-electron chi connectivity index (χ1n) is 7.36. The largest absolute Gasteiger partial charge is 0.371 e. The maximum absolute atomic E-state index is 5.77. The van der Waals surface area contributed by atoms with Crippen molar-refractivity contribution in [3.05, 3.63) is 29.8 Å². The Morgan fingerprint density at radius 1 is 1.17 bits per heavy atom. The molecule has 0 spiro atoms. The van der Waals surface area contributed by atoms with Crippen molar-refractivity contribution in [2.45, 2.75) is 38.5 Å². The minimum atomic E-state index is 0.548. The minimum absolute atomic E-state index is 0.548. The van der Waals surface area contributed by atoms with Crippen molar-refractivity contribution in [3.8, 4) is 0 Å². The summed E-state index contributed by atoms with van der Waals surface area (Å²) in [5.74, 6) is 0. The van der Waals surface area contributed by atoms with Gasteiger partial charge in [0.1, 0.15) is 0 Å². The van der Waals surface area contributed by atoms with Gasteiger partial charge in [-0.25, -0.2) is 0 Å². The molecule has 2 aliphatic rings. The zero-order valence-electron chi connectivity index (χ0n) is 11.2. The molecule has 2 nitrogen and oxygen atoms in total. The van der Waals surface area contributed by atoms with Gasteiger partial charge in [0.25, 0.3) is 0 Å². The van der Waals surface area contributed by atoms with E-state index in [1.165, 1.54) is 57.3 Å². The smallest absolute Gasteiger partial charge is 0.0398 e. The Labute approximate surface area is 110 Å². The quantitative estimate of drug-likeness (QED) is 0.882. The van der Waals surface area contributed by atoms with Gasteiger partial charge in [-0.3, -0.25) is 0 Å². The molecule has 1 aliphatic carbocycles. The van der Waals surface area contributed by atoms with Crippen molar-refractivity contribution in [2.24, 2.45) is 11.1 Å². The maximum Gasteiger partial charge on any atom is 0.0398 e. The maximum atomic E-state index is 5.77. The van der Waals surface area contributed by atoms with Crippen LogP contribution in [0.25, 0.3) is 0 Å². The monoisotopic (exact) mass is 244 g/mol. The van der Waals surface area contributed by atoms with E-state index in [0.29, 0.717) is 5.41 Å². The molecular formula is C16H24N2. The third kappa shape index (κ3) is 2.39. The van der Waals surface area contributed by atoms with Crippen LogP contribution in [0.2, 0.25) is 0 Å². The molecule has 2 N–H and O–H groups in total. The van der Waals surface area contributed by atoms with E-state index in [2.05, 4.69) is 29.2 Å². The van der Waals surface area contributed by atoms with Crippen LogP contribution in [-0.2, 0) is 6.42 Å². The highest BCUT2D eigenvalue weighted by Crippen LogP contribution is 2.49. The molecule has 0 atom stereocenters. The summed E-state index contributed by atoms with van der Waals surface area (Å²) < 4.78 is 0. The number of nitrogens with two attached hydrogens (primary N) is 1. The van der Waals surface area contributed by atoms with Gasteiger partial charge in [0.2, 0.25) is 0 Å². The van der Waals surface area contributed by atoms with Gasteiger partial charge in [0.05, 0.1) is 0 Å². The molecule has 98 valence electrons. The molecule has 0 saturated heterocycles. The first-order chi connectivity index (χ1) is 8.83. The van der Waals surface area contributed by atoms with Crippen LogP contribution in [0, 0.1) is 5.41 Å². The van der Waals surface area contributed by atoms with Gasteiger partial charge in [0, 0.05) is 18.8 Å². The average molecular weight is 244 g/mol. The summed E-state index contributed by atoms with van der Waals surface area (Å²) in [6.45, 7) is 3.29. The Hall–Kier alpha value is -1.02.